The summed E-state index contributed by atoms with van der Waals surface area (Å²) in [6.45, 7) is 9.89. The summed E-state index contributed by atoms with van der Waals surface area (Å²) in [4.78, 5) is 23.4. The number of amides is 3. The van der Waals surface area contributed by atoms with E-state index in [0.717, 1.165) is 18.4 Å². The zero-order chi connectivity index (χ0) is 17.6. The van der Waals surface area contributed by atoms with Crippen LogP contribution in [0.15, 0.2) is 24.3 Å². The number of hydrogen-bond donors (Lipinski definition) is 3. The van der Waals surface area contributed by atoms with E-state index in [1.54, 1.807) is 26.0 Å². The normalized spacial score (nSPS) is 12.8. The summed E-state index contributed by atoms with van der Waals surface area (Å²) in [7, 11) is 0. The third-order valence-electron chi connectivity index (χ3n) is 4.03. The summed E-state index contributed by atoms with van der Waals surface area (Å²) in [6.07, 6.45) is 2.04. The first-order valence-corrected chi connectivity index (χ1v) is 8.11. The van der Waals surface area contributed by atoms with Gasteiger partial charge in [0.05, 0.1) is 5.41 Å². The van der Waals surface area contributed by atoms with Crippen molar-refractivity contribution < 1.29 is 9.59 Å². The number of rotatable bonds is 7. The number of anilines is 1. The Morgan fingerprint density at radius 1 is 1.09 bits per heavy atom. The lowest BCUT2D eigenvalue weighted by atomic mass is 9.84. The SMILES string of the molecule is CC(C)CC[C@@H](C)NC(=O)Nc1ccc(C(C)(C)C(N)=O)cc1. The molecule has 5 nitrogen and oxygen atoms in total. The van der Waals surface area contributed by atoms with Gasteiger partial charge < -0.3 is 16.4 Å². The molecule has 5 heteroatoms. The van der Waals surface area contributed by atoms with Crippen molar-refractivity contribution in [1.29, 1.82) is 0 Å². The Morgan fingerprint density at radius 2 is 1.65 bits per heavy atom. The maximum absolute atomic E-state index is 12.0. The number of carbonyl (C=O) groups is 2. The topological polar surface area (TPSA) is 84.2 Å². The van der Waals surface area contributed by atoms with E-state index in [1.807, 2.05) is 19.1 Å². The Morgan fingerprint density at radius 3 is 2.13 bits per heavy atom. The Hall–Kier alpha value is -2.04. The maximum atomic E-state index is 12.0. The summed E-state index contributed by atoms with van der Waals surface area (Å²) in [5.41, 5.74) is 6.18. The molecular formula is C18H29N3O2. The molecular weight excluding hydrogens is 290 g/mol. The van der Waals surface area contributed by atoms with Gasteiger partial charge in [0.25, 0.3) is 0 Å². The van der Waals surface area contributed by atoms with Crippen molar-refractivity contribution in [2.75, 3.05) is 5.32 Å². The van der Waals surface area contributed by atoms with Gasteiger partial charge in [-0.25, -0.2) is 4.79 Å². The summed E-state index contributed by atoms with van der Waals surface area (Å²) in [6, 6.07) is 7.08. The standard InChI is InChI=1S/C18H29N3O2/c1-12(2)6-7-13(3)20-17(23)21-15-10-8-14(9-11-15)18(4,5)16(19)22/h8-13H,6-7H2,1-5H3,(H2,19,22)(H2,20,21,23)/t13-/m1/s1. The van der Waals surface area contributed by atoms with Crippen molar-refractivity contribution in [3.8, 4) is 0 Å². The molecule has 0 radical (unpaired) electrons. The van der Waals surface area contributed by atoms with Gasteiger partial charge >= 0.3 is 6.03 Å². The van der Waals surface area contributed by atoms with Crippen LogP contribution in [-0.4, -0.2) is 18.0 Å². The maximum Gasteiger partial charge on any atom is 0.319 e. The molecule has 23 heavy (non-hydrogen) atoms. The van der Waals surface area contributed by atoms with E-state index >= 15 is 0 Å². The van der Waals surface area contributed by atoms with Crippen LogP contribution < -0.4 is 16.4 Å². The lowest BCUT2D eigenvalue weighted by Gasteiger charge is -2.21. The number of carbonyl (C=O) groups excluding carboxylic acids is 2. The molecule has 4 N–H and O–H groups in total. The van der Waals surface area contributed by atoms with Crippen LogP contribution in [-0.2, 0) is 10.2 Å². The van der Waals surface area contributed by atoms with Crippen LogP contribution in [0.2, 0.25) is 0 Å². The second kappa shape index (κ2) is 7.99. The lowest BCUT2D eigenvalue weighted by Crippen LogP contribution is -2.36. The number of benzene rings is 1. The van der Waals surface area contributed by atoms with E-state index in [1.165, 1.54) is 0 Å². The number of urea groups is 1. The monoisotopic (exact) mass is 319 g/mol. The van der Waals surface area contributed by atoms with Crippen LogP contribution in [0.3, 0.4) is 0 Å². The first kappa shape index (κ1) is 19.0. The van der Waals surface area contributed by atoms with Crippen LogP contribution >= 0.6 is 0 Å². The number of hydrogen-bond acceptors (Lipinski definition) is 2. The number of primary amides is 1. The van der Waals surface area contributed by atoms with Crippen LogP contribution in [0.5, 0.6) is 0 Å². The molecule has 3 amide bonds. The molecule has 0 aromatic heterocycles. The molecule has 0 saturated heterocycles. The van der Waals surface area contributed by atoms with Crippen LogP contribution in [0.1, 0.15) is 53.0 Å². The summed E-state index contributed by atoms with van der Waals surface area (Å²) in [5, 5.41) is 5.72. The molecule has 0 fully saturated rings. The fourth-order valence-corrected chi connectivity index (χ4v) is 2.16. The highest BCUT2D eigenvalue weighted by Gasteiger charge is 2.27. The molecule has 0 aliphatic carbocycles. The predicted octanol–water partition coefficient (Wildman–Crippen LogP) is 3.40. The second-order valence-electron chi connectivity index (χ2n) is 7.04. The molecule has 0 heterocycles. The molecule has 0 saturated carbocycles. The minimum Gasteiger partial charge on any atom is -0.369 e. The van der Waals surface area contributed by atoms with Gasteiger partial charge in [-0.3, -0.25) is 4.79 Å². The van der Waals surface area contributed by atoms with E-state index in [0.29, 0.717) is 11.6 Å². The fraction of sp³-hybridized carbons (Fsp3) is 0.556. The Kier molecular flexibility index (Phi) is 6.61. The minimum atomic E-state index is -0.730. The quantitative estimate of drug-likeness (QED) is 0.719. The van der Waals surface area contributed by atoms with Crippen molar-refractivity contribution in [2.45, 2.75) is 58.9 Å². The Balaban J connectivity index is 2.58. The van der Waals surface area contributed by atoms with Crippen molar-refractivity contribution >= 4 is 17.6 Å². The van der Waals surface area contributed by atoms with E-state index in [2.05, 4.69) is 24.5 Å². The summed E-state index contributed by atoms with van der Waals surface area (Å²) >= 11 is 0. The zero-order valence-electron chi connectivity index (χ0n) is 14.8. The van der Waals surface area contributed by atoms with Gasteiger partial charge in [-0.05, 0) is 57.2 Å². The Bertz CT molecular complexity index is 536. The van der Waals surface area contributed by atoms with Crippen molar-refractivity contribution in [3.05, 3.63) is 29.8 Å². The first-order chi connectivity index (χ1) is 10.6. The molecule has 1 aromatic rings. The van der Waals surface area contributed by atoms with Gasteiger partial charge in [0.2, 0.25) is 5.91 Å². The van der Waals surface area contributed by atoms with Crippen LogP contribution in [0, 0.1) is 5.92 Å². The summed E-state index contributed by atoms with van der Waals surface area (Å²) < 4.78 is 0. The average molecular weight is 319 g/mol. The van der Waals surface area contributed by atoms with Gasteiger partial charge in [0, 0.05) is 11.7 Å². The van der Waals surface area contributed by atoms with E-state index < -0.39 is 5.41 Å². The van der Waals surface area contributed by atoms with E-state index in [-0.39, 0.29) is 18.0 Å². The van der Waals surface area contributed by atoms with Gasteiger partial charge in [-0.15, -0.1) is 0 Å². The van der Waals surface area contributed by atoms with Gasteiger partial charge in [-0.2, -0.15) is 0 Å². The zero-order valence-corrected chi connectivity index (χ0v) is 14.8. The highest BCUT2D eigenvalue weighted by atomic mass is 16.2. The summed E-state index contributed by atoms with van der Waals surface area (Å²) in [5.74, 6) is 0.249. The van der Waals surface area contributed by atoms with Crippen molar-refractivity contribution in [2.24, 2.45) is 11.7 Å². The molecule has 0 aliphatic rings. The average Bonchev–Trinajstić information content (AvgIpc) is 2.45. The van der Waals surface area contributed by atoms with Gasteiger partial charge in [0.15, 0.2) is 0 Å². The smallest absolute Gasteiger partial charge is 0.319 e. The molecule has 1 aromatic carbocycles. The van der Waals surface area contributed by atoms with Gasteiger partial charge in [0.1, 0.15) is 0 Å². The minimum absolute atomic E-state index is 0.130. The molecule has 1 rings (SSSR count). The molecule has 0 unspecified atom stereocenters. The van der Waals surface area contributed by atoms with Crippen LogP contribution in [0.4, 0.5) is 10.5 Å². The predicted molar refractivity (Wildman–Crippen MR) is 94.4 cm³/mol. The molecule has 0 bridgehead atoms. The fourth-order valence-electron chi connectivity index (χ4n) is 2.16. The van der Waals surface area contributed by atoms with Gasteiger partial charge in [-0.1, -0.05) is 26.0 Å². The highest BCUT2D eigenvalue weighted by molar-refractivity contribution is 5.90. The third-order valence-corrected chi connectivity index (χ3v) is 4.03. The first-order valence-electron chi connectivity index (χ1n) is 8.11. The number of nitrogens with two attached hydrogens (primary N) is 1. The van der Waals surface area contributed by atoms with Crippen molar-refractivity contribution in [3.63, 3.8) is 0 Å². The Labute approximate surface area is 139 Å². The van der Waals surface area contributed by atoms with E-state index in [4.69, 9.17) is 5.73 Å². The van der Waals surface area contributed by atoms with E-state index in [9.17, 15) is 9.59 Å². The lowest BCUT2D eigenvalue weighted by molar-refractivity contribution is -0.122. The molecule has 0 aliphatic heterocycles. The highest BCUT2D eigenvalue weighted by Crippen LogP contribution is 2.24. The largest absolute Gasteiger partial charge is 0.369 e. The van der Waals surface area contributed by atoms with Crippen LogP contribution in [0.25, 0.3) is 0 Å². The third kappa shape index (κ3) is 5.93. The number of nitrogens with one attached hydrogen (secondary N) is 2. The second-order valence-corrected chi connectivity index (χ2v) is 7.04. The molecule has 0 spiro atoms. The van der Waals surface area contributed by atoms with Crippen molar-refractivity contribution in [1.82, 2.24) is 5.32 Å². The molecule has 128 valence electrons. The molecule has 1 atom stereocenters.